The van der Waals surface area contributed by atoms with E-state index in [0.717, 1.165) is 11.3 Å². The first-order valence-corrected chi connectivity index (χ1v) is 7.24. The highest BCUT2D eigenvalue weighted by Gasteiger charge is 2.07. The van der Waals surface area contributed by atoms with E-state index in [-0.39, 0.29) is 12.2 Å². The fourth-order valence-corrected chi connectivity index (χ4v) is 2.43. The van der Waals surface area contributed by atoms with Crippen LogP contribution < -0.4 is 10.3 Å². The van der Waals surface area contributed by atoms with Crippen molar-refractivity contribution < 1.29 is 4.74 Å². The third-order valence-electron chi connectivity index (χ3n) is 2.90. The Balaban J connectivity index is 2.40. The molecule has 0 bridgehead atoms. The van der Waals surface area contributed by atoms with Gasteiger partial charge in [0, 0.05) is 6.54 Å². The minimum atomic E-state index is 0.0235. The minimum absolute atomic E-state index is 0.0235. The number of nitrogens with zero attached hydrogens (tertiary/aromatic N) is 2. The predicted molar refractivity (Wildman–Crippen MR) is 85.6 cm³/mol. The molecule has 0 saturated carbocycles. The van der Waals surface area contributed by atoms with Crippen LogP contribution in [0.1, 0.15) is 6.92 Å². The van der Waals surface area contributed by atoms with E-state index in [9.17, 15) is 4.79 Å². The lowest BCUT2D eigenvalue weighted by atomic mass is 10.1. The van der Waals surface area contributed by atoms with E-state index in [1.54, 1.807) is 16.7 Å². The van der Waals surface area contributed by atoms with Crippen LogP contribution >= 0.6 is 22.6 Å². The number of ether oxygens (including phenoxy) is 1. The van der Waals surface area contributed by atoms with E-state index in [4.69, 9.17) is 10.00 Å². The van der Waals surface area contributed by atoms with Gasteiger partial charge >= 0.3 is 0 Å². The summed E-state index contributed by atoms with van der Waals surface area (Å²) >= 11 is 2.05. The van der Waals surface area contributed by atoms with Gasteiger partial charge in [0.25, 0.3) is 5.56 Å². The summed E-state index contributed by atoms with van der Waals surface area (Å²) in [7, 11) is 0. The van der Waals surface area contributed by atoms with Gasteiger partial charge in [-0.25, -0.2) is 0 Å². The van der Waals surface area contributed by atoms with Crippen LogP contribution in [-0.4, -0.2) is 11.2 Å². The Labute approximate surface area is 130 Å². The monoisotopic (exact) mass is 380 g/mol. The number of hydrogen-bond acceptors (Lipinski definition) is 3. The van der Waals surface area contributed by atoms with Crippen molar-refractivity contribution in [3.63, 3.8) is 0 Å². The largest absolute Gasteiger partial charge is 0.479 e. The predicted octanol–water partition coefficient (Wildman–Crippen LogP) is 3.04. The summed E-state index contributed by atoms with van der Waals surface area (Å²) in [5, 5.41) is 8.47. The maximum atomic E-state index is 12.1. The highest BCUT2D eigenvalue weighted by Crippen LogP contribution is 2.22. The van der Waals surface area contributed by atoms with Gasteiger partial charge in [0.1, 0.15) is 11.8 Å². The number of benzene rings is 1. The van der Waals surface area contributed by atoms with Gasteiger partial charge in [-0.2, -0.15) is 5.26 Å². The van der Waals surface area contributed by atoms with Crippen LogP contribution in [0.15, 0.2) is 41.2 Å². The zero-order valence-electron chi connectivity index (χ0n) is 11.0. The molecule has 4 nitrogen and oxygen atoms in total. The molecule has 0 amide bonds. The van der Waals surface area contributed by atoms with Gasteiger partial charge in [0.2, 0.25) is 0 Å². The Hall–Kier alpha value is -1.81. The van der Waals surface area contributed by atoms with Crippen molar-refractivity contribution in [1.82, 2.24) is 4.57 Å². The molecule has 1 heterocycles. The zero-order chi connectivity index (χ0) is 14.5. The summed E-state index contributed by atoms with van der Waals surface area (Å²) in [6.45, 7) is 2.60. The number of hydrogen-bond donors (Lipinski definition) is 0. The first-order chi connectivity index (χ1) is 9.67. The summed E-state index contributed by atoms with van der Waals surface area (Å²) in [6.07, 6.45) is 0. The lowest BCUT2D eigenvalue weighted by molar-refractivity contribution is 0.368. The Kier molecular flexibility index (Phi) is 4.79. The van der Waals surface area contributed by atoms with Crippen molar-refractivity contribution in [1.29, 1.82) is 5.26 Å². The molecular weight excluding hydrogens is 367 g/mol. The molecule has 0 aliphatic rings. The lowest BCUT2D eigenvalue weighted by Gasteiger charge is -2.12. The SMILES string of the molecule is CCn1c(-c2ccc(OCC#N)cc2)ccc(I)c1=O. The third-order valence-corrected chi connectivity index (χ3v) is 3.72. The second-order valence-corrected chi connectivity index (χ2v) is 5.25. The number of halogens is 1. The molecule has 0 aliphatic heterocycles. The molecule has 0 spiro atoms. The molecule has 0 unspecified atom stereocenters. The minimum Gasteiger partial charge on any atom is -0.479 e. The van der Waals surface area contributed by atoms with E-state index in [1.165, 1.54) is 0 Å². The molecular formula is C15H13IN2O2. The number of aromatic nitrogens is 1. The maximum Gasteiger partial charge on any atom is 0.264 e. The van der Waals surface area contributed by atoms with Crippen LogP contribution in [0.5, 0.6) is 5.75 Å². The van der Waals surface area contributed by atoms with Crippen molar-refractivity contribution in [3.8, 4) is 23.1 Å². The molecule has 5 heteroatoms. The average molecular weight is 380 g/mol. The number of pyridine rings is 1. The molecule has 1 aromatic carbocycles. The molecule has 2 rings (SSSR count). The molecule has 0 N–H and O–H groups in total. The van der Waals surface area contributed by atoms with Crippen molar-refractivity contribution >= 4 is 22.6 Å². The highest BCUT2D eigenvalue weighted by atomic mass is 127. The molecule has 0 atom stereocenters. The Morgan fingerprint density at radius 1 is 1.25 bits per heavy atom. The molecule has 0 fully saturated rings. The van der Waals surface area contributed by atoms with Crippen LogP contribution in [-0.2, 0) is 6.54 Å². The summed E-state index contributed by atoms with van der Waals surface area (Å²) in [6, 6.07) is 13.1. The molecule has 102 valence electrons. The van der Waals surface area contributed by atoms with E-state index >= 15 is 0 Å². The fraction of sp³-hybridized carbons (Fsp3) is 0.200. The van der Waals surface area contributed by atoms with E-state index < -0.39 is 0 Å². The second-order valence-electron chi connectivity index (χ2n) is 4.09. The summed E-state index contributed by atoms with van der Waals surface area (Å²) < 4.78 is 7.67. The topological polar surface area (TPSA) is 55.0 Å². The molecule has 0 aliphatic carbocycles. The van der Waals surface area contributed by atoms with Gasteiger partial charge in [-0.05, 0) is 71.5 Å². The Bertz CT molecular complexity index is 699. The summed E-state index contributed by atoms with van der Waals surface area (Å²) in [4.78, 5) is 12.1. The van der Waals surface area contributed by atoms with Crippen LogP contribution in [0.3, 0.4) is 0 Å². The average Bonchev–Trinajstić information content (AvgIpc) is 2.48. The first-order valence-electron chi connectivity index (χ1n) is 6.17. The van der Waals surface area contributed by atoms with Gasteiger partial charge in [0.05, 0.1) is 9.26 Å². The van der Waals surface area contributed by atoms with Crippen LogP contribution in [0.25, 0.3) is 11.3 Å². The maximum absolute atomic E-state index is 12.1. The summed E-state index contributed by atoms with van der Waals surface area (Å²) in [5.74, 6) is 0.645. The summed E-state index contributed by atoms with van der Waals surface area (Å²) in [5.41, 5.74) is 1.85. The quantitative estimate of drug-likeness (QED) is 0.767. The van der Waals surface area contributed by atoms with Crippen molar-refractivity contribution in [2.75, 3.05) is 6.61 Å². The third kappa shape index (κ3) is 3.02. The standard InChI is InChI=1S/C15H13IN2O2/c1-2-18-14(8-7-13(16)15(18)19)11-3-5-12(6-4-11)20-10-9-17/h3-8H,2,10H2,1H3. The van der Waals surface area contributed by atoms with Crippen molar-refractivity contribution in [3.05, 3.63) is 50.3 Å². The van der Waals surface area contributed by atoms with E-state index in [0.29, 0.717) is 15.9 Å². The van der Waals surface area contributed by atoms with Gasteiger partial charge in [-0.1, -0.05) is 0 Å². The smallest absolute Gasteiger partial charge is 0.264 e. The molecule has 20 heavy (non-hydrogen) atoms. The molecule has 1 aromatic heterocycles. The van der Waals surface area contributed by atoms with Gasteiger partial charge in [-0.15, -0.1) is 0 Å². The molecule has 2 aromatic rings. The zero-order valence-corrected chi connectivity index (χ0v) is 13.1. The van der Waals surface area contributed by atoms with Gasteiger partial charge in [0.15, 0.2) is 6.61 Å². The normalized spacial score (nSPS) is 10.1. The Morgan fingerprint density at radius 2 is 1.95 bits per heavy atom. The highest BCUT2D eigenvalue weighted by molar-refractivity contribution is 14.1. The molecule has 0 radical (unpaired) electrons. The van der Waals surface area contributed by atoms with Crippen molar-refractivity contribution in [2.45, 2.75) is 13.5 Å². The second kappa shape index (κ2) is 6.57. The lowest BCUT2D eigenvalue weighted by Crippen LogP contribution is -2.22. The number of rotatable bonds is 4. The first kappa shape index (κ1) is 14.6. The van der Waals surface area contributed by atoms with Gasteiger partial charge in [-0.3, -0.25) is 4.79 Å². The fourth-order valence-electron chi connectivity index (χ4n) is 1.96. The van der Waals surface area contributed by atoms with E-state index in [1.807, 2.05) is 59.8 Å². The molecule has 0 saturated heterocycles. The van der Waals surface area contributed by atoms with Crippen LogP contribution in [0.4, 0.5) is 0 Å². The van der Waals surface area contributed by atoms with Gasteiger partial charge < -0.3 is 9.30 Å². The van der Waals surface area contributed by atoms with Crippen LogP contribution in [0, 0.1) is 14.9 Å². The van der Waals surface area contributed by atoms with Crippen LogP contribution in [0.2, 0.25) is 0 Å². The van der Waals surface area contributed by atoms with Crippen molar-refractivity contribution in [2.24, 2.45) is 0 Å². The van der Waals surface area contributed by atoms with E-state index in [2.05, 4.69) is 0 Å². The Morgan fingerprint density at radius 3 is 2.55 bits per heavy atom. The number of nitriles is 1.